The van der Waals surface area contributed by atoms with Crippen molar-refractivity contribution in [2.75, 3.05) is 13.2 Å². The molecule has 0 saturated carbocycles. The molecule has 4 nitrogen and oxygen atoms in total. The molecule has 0 fully saturated rings. The summed E-state index contributed by atoms with van der Waals surface area (Å²) in [5, 5.41) is 2.87. The van der Waals surface area contributed by atoms with E-state index < -0.39 is 0 Å². The predicted molar refractivity (Wildman–Crippen MR) is 97.9 cm³/mol. The van der Waals surface area contributed by atoms with Crippen LogP contribution in [0, 0.1) is 0 Å². The Morgan fingerprint density at radius 1 is 1.04 bits per heavy atom. The minimum absolute atomic E-state index is 0.0205. The Bertz CT molecular complexity index is 652. The molecule has 0 bridgehead atoms. The zero-order chi connectivity index (χ0) is 17.4. The Hall–Kier alpha value is -2.33. The van der Waals surface area contributed by atoms with Crippen molar-refractivity contribution in [3.63, 3.8) is 0 Å². The van der Waals surface area contributed by atoms with Gasteiger partial charge in [-0.15, -0.1) is 0 Å². The van der Waals surface area contributed by atoms with E-state index in [4.69, 9.17) is 10.5 Å². The molecule has 2 aromatic carbocycles. The number of carbonyl (C=O) groups excluding carboxylic acids is 1. The van der Waals surface area contributed by atoms with Gasteiger partial charge in [-0.1, -0.05) is 62.4 Å². The molecule has 0 radical (unpaired) electrons. The van der Waals surface area contributed by atoms with Crippen molar-refractivity contribution in [1.82, 2.24) is 5.32 Å². The molecule has 1 amide bonds. The smallest absolute Gasteiger partial charge is 0.258 e. The van der Waals surface area contributed by atoms with Gasteiger partial charge in [0.15, 0.2) is 6.61 Å². The quantitative estimate of drug-likeness (QED) is 0.782. The molecule has 2 aromatic rings. The molecular weight excluding hydrogens is 300 g/mol. The van der Waals surface area contributed by atoms with Crippen LogP contribution in [0.25, 0.3) is 11.1 Å². The summed E-state index contributed by atoms with van der Waals surface area (Å²) in [7, 11) is 0. The van der Waals surface area contributed by atoms with Gasteiger partial charge in [-0.3, -0.25) is 4.79 Å². The molecule has 0 aliphatic carbocycles. The SMILES string of the molecule is CCC(N)(CC)CNC(=O)COc1ccccc1-c1ccccc1. The van der Waals surface area contributed by atoms with Crippen LogP contribution < -0.4 is 15.8 Å². The molecule has 0 unspecified atom stereocenters. The predicted octanol–water partition coefficient (Wildman–Crippen LogP) is 3.37. The third kappa shape index (κ3) is 4.83. The summed E-state index contributed by atoms with van der Waals surface area (Å²) < 4.78 is 5.73. The fourth-order valence-electron chi connectivity index (χ4n) is 2.42. The molecule has 4 heteroatoms. The minimum atomic E-state index is -0.350. The van der Waals surface area contributed by atoms with Crippen LogP contribution in [-0.4, -0.2) is 24.6 Å². The number of nitrogens with one attached hydrogen (secondary N) is 1. The highest BCUT2D eigenvalue weighted by molar-refractivity contribution is 5.78. The first kappa shape index (κ1) is 18.0. The number of carbonyl (C=O) groups is 1. The highest BCUT2D eigenvalue weighted by Gasteiger charge is 2.21. The van der Waals surface area contributed by atoms with Gasteiger partial charge in [0.1, 0.15) is 5.75 Å². The van der Waals surface area contributed by atoms with Crippen LogP contribution in [0.2, 0.25) is 0 Å². The van der Waals surface area contributed by atoms with Crippen molar-refractivity contribution in [2.24, 2.45) is 5.73 Å². The van der Waals surface area contributed by atoms with E-state index in [-0.39, 0.29) is 18.1 Å². The normalized spacial score (nSPS) is 11.1. The van der Waals surface area contributed by atoms with Crippen LogP contribution in [0.1, 0.15) is 26.7 Å². The van der Waals surface area contributed by atoms with Gasteiger partial charge in [0, 0.05) is 17.6 Å². The third-order valence-electron chi connectivity index (χ3n) is 4.38. The second kappa shape index (κ2) is 8.50. The summed E-state index contributed by atoms with van der Waals surface area (Å²) in [6.07, 6.45) is 1.64. The Kier molecular flexibility index (Phi) is 6.38. The average Bonchev–Trinajstić information content (AvgIpc) is 2.65. The summed E-state index contributed by atoms with van der Waals surface area (Å²) in [5.41, 5.74) is 7.88. The Morgan fingerprint density at radius 3 is 2.33 bits per heavy atom. The van der Waals surface area contributed by atoms with Gasteiger partial charge in [0.25, 0.3) is 5.91 Å². The Labute approximate surface area is 144 Å². The maximum Gasteiger partial charge on any atom is 0.258 e. The second-order valence-corrected chi connectivity index (χ2v) is 6.00. The molecule has 24 heavy (non-hydrogen) atoms. The van der Waals surface area contributed by atoms with Gasteiger partial charge in [0.2, 0.25) is 0 Å². The third-order valence-corrected chi connectivity index (χ3v) is 4.38. The minimum Gasteiger partial charge on any atom is -0.483 e. The molecule has 0 heterocycles. The molecular formula is C20H26N2O2. The first-order chi connectivity index (χ1) is 11.6. The van der Waals surface area contributed by atoms with Crippen LogP contribution >= 0.6 is 0 Å². The first-order valence-corrected chi connectivity index (χ1v) is 8.41. The lowest BCUT2D eigenvalue weighted by molar-refractivity contribution is -0.123. The number of ether oxygens (including phenoxy) is 1. The number of nitrogens with two attached hydrogens (primary N) is 1. The van der Waals surface area contributed by atoms with Crippen LogP contribution in [0.3, 0.4) is 0 Å². The van der Waals surface area contributed by atoms with Crippen LogP contribution in [0.15, 0.2) is 54.6 Å². The van der Waals surface area contributed by atoms with Crippen molar-refractivity contribution in [3.05, 3.63) is 54.6 Å². The van der Waals surface area contributed by atoms with E-state index in [0.29, 0.717) is 12.3 Å². The van der Waals surface area contributed by atoms with Crippen molar-refractivity contribution in [2.45, 2.75) is 32.2 Å². The van der Waals surface area contributed by atoms with E-state index in [1.54, 1.807) is 0 Å². The summed E-state index contributed by atoms with van der Waals surface area (Å²) in [5.74, 6) is 0.540. The standard InChI is InChI=1S/C20H26N2O2/c1-3-20(21,4-2)15-22-19(23)14-24-18-13-9-8-12-17(18)16-10-6-5-7-11-16/h5-13H,3-4,14-15,21H2,1-2H3,(H,22,23). The van der Waals surface area contributed by atoms with Crippen LogP contribution in [-0.2, 0) is 4.79 Å². The maximum atomic E-state index is 12.1. The molecule has 0 aromatic heterocycles. The van der Waals surface area contributed by atoms with Crippen LogP contribution in [0.4, 0.5) is 0 Å². The highest BCUT2D eigenvalue weighted by atomic mass is 16.5. The van der Waals surface area contributed by atoms with Crippen molar-refractivity contribution in [1.29, 1.82) is 0 Å². The molecule has 128 valence electrons. The van der Waals surface area contributed by atoms with Gasteiger partial charge in [-0.2, -0.15) is 0 Å². The largest absolute Gasteiger partial charge is 0.483 e. The summed E-state index contributed by atoms with van der Waals surface area (Å²) in [6.45, 7) is 4.50. The topological polar surface area (TPSA) is 64.3 Å². The van der Waals surface area contributed by atoms with Crippen molar-refractivity contribution < 1.29 is 9.53 Å². The van der Waals surface area contributed by atoms with Gasteiger partial charge in [-0.25, -0.2) is 0 Å². The lowest BCUT2D eigenvalue weighted by Crippen LogP contribution is -2.50. The number of benzene rings is 2. The Morgan fingerprint density at radius 2 is 1.67 bits per heavy atom. The monoisotopic (exact) mass is 326 g/mol. The lowest BCUT2D eigenvalue weighted by Gasteiger charge is -2.26. The molecule has 0 spiro atoms. The molecule has 0 atom stereocenters. The summed E-state index contributed by atoms with van der Waals surface area (Å²) in [6, 6.07) is 17.7. The maximum absolute atomic E-state index is 12.1. The lowest BCUT2D eigenvalue weighted by atomic mass is 9.94. The van der Waals surface area contributed by atoms with Crippen LogP contribution in [0.5, 0.6) is 5.75 Å². The fraction of sp³-hybridized carbons (Fsp3) is 0.350. The molecule has 3 N–H and O–H groups in total. The summed E-state index contributed by atoms with van der Waals surface area (Å²) >= 11 is 0. The number of hydrogen-bond acceptors (Lipinski definition) is 3. The Balaban J connectivity index is 1.97. The van der Waals surface area contributed by atoms with E-state index >= 15 is 0 Å². The van der Waals surface area contributed by atoms with Gasteiger partial charge in [0.05, 0.1) is 0 Å². The fourth-order valence-corrected chi connectivity index (χ4v) is 2.42. The second-order valence-electron chi connectivity index (χ2n) is 6.00. The molecule has 0 saturated heterocycles. The zero-order valence-electron chi connectivity index (χ0n) is 14.4. The van der Waals surface area contributed by atoms with Crippen molar-refractivity contribution in [3.8, 4) is 16.9 Å². The zero-order valence-corrected chi connectivity index (χ0v) is 14.4. The number of amides is 1. The average molecular weight is 326 g/mol. The summed E-state index contributed by atoms with van der Waals surface area (Å²) in [4.78, 5) is 12.1. The van der Waals surface area contributed by atoms with E-state index in [9.17, 15) is 4.79 Å². The number of hydrogen-bond donors (Lipinski definition) is 2. The highest BCUT2D eigenvalue weighted by Crippen LogP contribution is 2.29. The van der Waals surface area contributed by atoms with E-state index in [0.717, 1.165) is 24.0 Å². The molecule has 0 aliphatic rings. The van der Waals surface area contributed by atoms with E-state index in [2.05, 4.69) is 5.32 Å². The molecule has 0 aliphatic heterocycles. The van der Waals surface area contributed by atoms with Gasteiger partial charge in [-0.05, 0) is 24.5 Å². The van der Waals surface area contributed by atoms with E-state index in [1.165, 1.54) is 0 Å². The molecule has 2 rings (SSSR count). The number of rotatable bonds is 8. The first-order valence-electron chi connectivity index (χ1n) is 8.41. The van der Waals surface area contributed by atoms with Gasteiger partial charge < -0.3 is 15.8 Å². The van der Waals surface area contributed by atoms with Gasteiger partial charge >= 0.3 is 0 Å². The van der Waals surface area contributed by atoms with Crippen molar-refractivity contribution >= 4 is 5.91 Å². The van der Waals surface area contributed by atoms with E-state index in [1.807, 2.05) is 68.4 Å². The number of para-hydroxylation sites is 1.